The molecule has 8 heteroatoms. The van der Waals surface area contributed by atoms with Crippen LogP contribution in [0.25, 0.3) is 0 Å². The first-order valence-electron chi connectivity index (χ1n) is 9.53. The van der Waals surface area contributed by atoms with Gasteiger partial charge in [0.25, 0.3) is 5.91 Å². The van der Waals surface area contributed by atoms with Gasteiger partial charge >= 0.3 is 0 Å². The van der Waals surface area contributed by atoms with Crippen molar-refractivity contribution in [1.29, 1.82) is 0 Å². The molecule has 1 heterocycles. The maximum atomic E-state index is 12.4. The number of carbonyl (C=O) groups is 3. The van der Waals surface area contributed by atoms with Crippen molar-refractivity contribution in [3.8, 4) is 11.5 Å². The second-order valence-electron chi connectivity index (χ2n) is 6.90. The molecule has 0 bridgehead atoms. The van der Waals surface area contributed by atoms with Crippen LogP contribution in [-0.4, -0.2) is 48.5 Å². The van der Waals surface area contributed by atoms with Crippen LogP contribution in [0.4, 0.5) is 0 Å². The molecule has 0 aliphatic carbocycles. The summed E-state index contributed by atoms with van der Waals surface area (Å²) in [6.07, 6.45) is -0.482. The predicted molar refractivity (Wildman–Crippen MR) is 108 cm³/mol. The highest BCUT2D eigenvalue weighted by molar-refractivity contribution is 6.01. The summed E-state index contributed by atoms with van der Waals surface area (Å²) >= 11 is 0. The average molecular weight is 412 g/mol. The van der Waals surface area contributed by atoms with Gasteiger partial charge in [0.1, 0.15) is 17.6 Å². The van der Waals surface area contributed by atoms with Gasteiger partial charge in [-0.2, -0.15) is 0 Å². The molecular formula is C22H24N2O6. The van der Waals surface area contributed by atoms with Gasteiger partial charge < -0.3 is 19.9 Å². The summed E-state index contributed by atoms with van der Waals surface area (Å²) in [6, 6.07) is 11.7. The molecular weight excluding hydrogens is 388 g/mol. The fourth-order valence-corrected chi connectivity index (χ4v) is 3.24. The minimum absolute atomic E-state index is 0.0130. The van der Waals surface area contributed by atoms with E-state index >= 15 is 0 Å². The number of benzene rings is 2. The molecule has 0 spiro atoms. The Bertz CT molecular complexity index is 925. The van der Waals surface area contributed by atoms with Crippen LogP contribution in [0.15, 0.2) is 42.5 Å². The highest BCUT2D eigenvalue weighted by atomic mass is 16.5. The first-order valence-corrected chi connectivity index (χ1v) is 9.53. The summed E-state index contributed by atoms with van der Waals surface area (Å²) in [5, 5.41) is 13.2. The third-order valence-corrected chi connectivity index (χ3v) is 4.96. The predicted octanol–water partition coefficient (Wildman–Crippen LogP) is 1.82. The molecule has 1 aliphatic rings. The standard InChI is InChI=1S/C22H24N2O6/c1-29-16-7-8-19(30-2)17(11-16)18(25)12-23-22(28)15-5-3-14(4-6-15)13-24-20(26)9-10-21(24)27/h3-8,11,18,25H,9-10,12-13H2,1-2H3,(H,23,28). The van der Waals surface area contributed by atoms with Crippen LogP contribution in [0.5, 0.6) is 11.5 Å². The Morgan fingerprint density at radius 1 is 1.07 bits per heavy atom. The van der Waals surface area contributed by atoms with Crippen molar-refractivity contribution < 1.29 is 29.0 Å². The Balaban J connectivity index is 1.60. The van der Waals surface area contributed by atoms with Gasteiger partial charge in [-0.1, -0.05) is 12.1 Å². The van der Waals surface area contributed by atoms with E-state index in [1.807, 2.05) is 0 Å². The van der Waals surface area contributed by atoms with Crippen LogP contribution < -0.4 is 14.8 Å². The smallest absolute Gasteiger partial charge is 0.251 e. The topological polar surface area (TPSA) is 105 Å². The first kappa shape index (κ1) is 21.3. The van der Waals surface area contributed by atoms with E-state index in [0.29, 0.717) is 22.6 Å². The normalized spacial score (nSPS) is 14.6. The van der Waals surface area contributed by atoms with E-state index in [1.54, 1.807) is 42.5 Å². The number of carbonyl (C=O) groups excluding carboxylic acids is 3. The Morgan fingerprint density at radius 2 is 1.73 bits per heavy atom. The highest BCUT2D eigenvalue weighted by Crippen LogP contribution is 2.29. The number of amides is 3. The fourth-order valence-electron chi connectivity index (χ4n) is 3.24. The third kappa shape index (κ3) is 4.77. The van der Waals surface area contributed by atoms with Crippen LogP contribution in [-0.2, 0) is 16.1 Å². The molecule has 158 valence electrons. The van der Waals surface area contributed by atoms with Crippen LogP contribution in [0, 0.1) is 0 Å². The molecule has 1 unspecified atom stereocenters. The molecule has 3 amide bonds. The van der Waals surface area contributed by atoms with E-state index in [-0.39, 0.29) is 43.7 Å². The Hall–Kier alpha value is -3.39. The lowest BCUT2D eigenvalue weighted by molar-refractivity contribution is -0.139. The molecule has 8 nitrogen and oxygen atoms in total. The van der Waals surface area contributed by atoms with Crippen LogP contribution in [0.3, 0.4) is 0 Å². The largest absolute Gasteiger partial charge is 0.497 e. The first-order chi connectivity index (χ1) is 14.4. The molecule has 1 saturated heterocycles. The van der Waals surface area contributed by atoms with Gasteiger partial charge in [0, 0.05) is 30.5 Å². The monoisotopic (exact) mass is 412 g/mol. The van der Waals surface area contributed by atoms with Crippen molar-refractivity contribution in [1.82, 2.24) is 10.2 Å². The summed E-state index contributed by atoms with van der Waals surface area (Å²) in [5.41, 5.74) is 1.67. The average Bonchev–Trinajstić information content (AvgIpc) is 3.09. The van der Waals surface area contributed by atoms with Crippen molar-refractivity contribution >= 4 is 17.7 Å². The number of imide groups is 1. The Labute approximate surface area is 174 Å². The molecule has 2 aromatic carbocycles. The zero-order chi connectivity index (χ0) is 21.7. The zero-order valence-electron chi connectivity index (χ0n) is 16.9. The van der Waals surface area contributed by atoms with Gasteiger partial charge in [0.15, 0.2) is 0 Å². The lowest BCUT2D eigenvalue weighted by atomic mass is 10.1. The second kappa shape index (κ2) is 9.41. The number of rotatable bonds is 8. The summed E-state index contributed by atoms with van der Waals surface area (Å²) in [5.74, 6) is 0.359. The van der Waals surface area contributed by atoms with Crippen LogP contribution >= 0.6 is 0 Å². The summed E-state index contributed by atoms with van der Waals surface area (Å²) in [4.78, 5) is 37.1. The van der Waals surface area contributed by atoms with Crippen molar-refractivity contribution in [2.24, 2.45) is 0 Å². The van der Waals surface area contributed by atoms with E-state index in [2.05, 4.69) is 5.32 Å². The van der Waals surface area contributed by atoms with Crippen molar-refractivity contribution in [2.75, 3.05) is 20.8 Å². The molecule has 2 aromatic rings. The SMILES string of the molecule is COc1ccc(OC)c(C(O)CNC(=O)c2ccc(CN3C(=O)CCC3=O)cc2)c1. The molecule has 0 aromatic heterocycles. The van der Waals surface area contributed by atoms with Gasteiger partial charge in [-0.3, -0.25) is 19.3 Å². The number of hydrogen-bond donors (Lipinski definition) is 2. The number of aliphatic hydroxyl groups excluding tert-OH is 1. The van der Waals surface area contributed by atoms with Crippen molar-refractivity contribution in [3.63, 3.8) is 0 Å². The van der Waals surface area contributed by atoms with E-state index in [1.165, 1.54) is 19.1 Å². The molecule has 1 atom stereocenters. The van der Waals surface area contributed by atoms with Gasteiger partial charge in [-0.25, -0.2) is 0 Å². The van der Waals surface area contributed by atoms with E-state index in [0.717, 1.165) is 5.56 Å². The quantitative estimate of drug-likeness (QED) is 0.641. The summed E-state index contributed by atoms with van der Waals surface area (Å²) in [6.45, 7) is 0.189. The van der Waals surface area contributed by atoms with Gasteiger partial charge in [0.05, 0.1) is 20.8 Å². The summed E-state index contributed by atoms with van der Waals surface area (Å²) < 4.78 is 10.4. The number of hydrogen-bond acceptors (Lipinski definition) is 6. The molecule has 1 aliphatic heterocycles. The molecule has 30 heavy (non-hydrogen) atoms. The molecule has 0 radical (unpaired) electrons. The van der Waals surface area contributed by atoms with E-state index in [9.17, 15) is 19.5 Å². The van der Waals surface area contributed by atoms with Gasteiger partial charge in [0.2, 0.25) is 11.8 Å². The minimum Gasteiger partial charge on any atom is -0.497 e. The van der Waals surface area contributed by atoms with E-state index in [4.69, 9.17) is 9.47 Å². The number of likely N-dealkylation sites (tertiary alicyclic amines) is 1. The van der Waals surface area contributed by atoms with Crippen molar-refractivity contribution in [3.05, 3.63) is 59.2 Å². The number of aliphatic hydroxyl groups is 1. The highest BCUT2D eigenvalue weighted by Gasteiger charge is 2.28. The lowest BCUT2D eigenvalue weighted by Crippen LogP contribution is -2.29. The number of ether oxygens (including phenoxy) is 2. The molecule has 2 N–H and O–H groups in total. The van der Waals surface area contributed by atoms with E-state index < -0.39 is 6.10 Å². The van der Waals surface area contributed by atoms with Crippen molar-refractivity contribution in [2.45, 2.75) is 25.5 Å². The maximum Gasteiger partial charge on any atom is 0.251 e. The Morgan fingerprint density at radius 3 is 2.33 bits per heavy atom. The number of nitrogens with one attached hydrogen (secondary N) is 1. The summed E-state index contributed by atoms with van der Waals surface area (Å²) in [7, 11) is 3.03. The number of nitrogens with zero attached hydrogens (tertiary/aromatic N) is 1. The second-order valence-corrected chi connectivity index (χ2v) is 6.90. The fraction of sp³-hybridized carbons (Fsp3) is 0.318. The molecule has 3 rings (SSSR count). The maximum absolute atomic E-state index is 12.4. The molecule has 0 saturated carbocycles. The molecule has 1 fully saturated rings. The van der Waals surface area contributed by atoms with Crippen LogP contribution in [0.1, 0.15) is 40.4 Å². The zero-order valence-corrected chi connectivity index (χ0v) is 16.9. The lowest BCUT2D eigenvalue weighted by Gasteiger charge is -2.17. The third-order valence-electron chi connectivity index (χ3n) is 4.96. The minimum atomic E-state index is -0.981. The number of methoxy groups -OCH3 is 2. The van der Waals surface area contributed by atoms with Crippen LogP contribution in [0.2, 0.25) is 0 Å². The van der Waals surface area contributed by atoms with Gasteiger partial charge in [-0.05, 0) is 35.9 Å². The van der Waals surface area contributed by atoms with Gasteiger partial charge in [-0.15, -0.1) is 0 Å². The Kier molecular flexibility index (Phi) is 6.68.